The molecule has 140 valence electrons. The fraction of sp³-hybridized carbons (Fsp3) is 0.556. The molecule has 1 aliphatic heterocycles. The average Bonchev–Trinajstić information content (AvgIpc) is 2.54. The van der Waals surface area contributed by atoms with Gasteiger partial charge in [-0.25, -0.2) is 0 Å². The summed E-state index contributed by atoms with van der Waals surface area (Å²) in [5.74, 6) is 0.805. The van der Waals surface area contributed by atoms with Gasteiger partial charge < -0.3 is 9.05 Å². The summed E-state index contributed by atoms with van der Waals surface area (Å²) in [5.41, 5.74) is 0. The van der Waals surface area contributed by atoms with Gasteiger partial charge >= 0.3 is 7.60 Å². The van der Waals surface area contributed by atoms with Crippen LogP contribution in [0.3, 0.4) is 0 Å². The van der Waals surface area contributed by atoms with E-state index in [1.54, 1.807) is 35.3 Å². The predicted octanol–water partition coefficient (Wildman–Crippen LogP) is 6.51. The fourth-order valence-corrected chi connectivity index (χ4v) is 10.6. The van der Waals surface area contributed by atoms with Crippen LogP contribution in [0.1, 0.15) is 27.7 Å². The van der Waals surface area contributed by atoms with Crippen molar-refractivity contribution in [3.8, 4) is 0 Å². The first kappa shape index (κ1) is 21.5. The molecule has 1 heterocycles. The van der Waals surface area contributed by atoms with E-state index in [0.717, 1.165) is 10.6 Å². The van der Waals surface area contributed by atoms with Gasteiger partial charge in [-0.3, -0.25) is 4.57 Å². The van der Waals surface area contributed by atoms with Gasteiger partial charge in [0.1, 0.15) is 0 Å². The summed E-state index contributed by atoms with van der Waals surface area (Å²) < 4.78 is 25.3. The van der Waals surface area contributed by atoms with Crippen LogP contribution in [0.25, 0.3) is 0 Å². The van der Waals surface area contributed by atoms with E-state index in [4.69, 9.17) is 9.05 Å². The van der Waals surface area contributed by atoms with Gasteiger partial charge in [-0.1, -0.05) is 30.4 Å². The van der Waals surface area contributed by atoms with Crippen molar-refractivity contribution >= 4 is 42.9 Å². The molecule has 3 nitrogen and oxygen atoms in total. The second-order valence-electron chi connectivity index (χ2n) is 6.23. The second kappa shape index (κ2) is 9.38. The Labute approximate surface area is 164 Å². The van der Waals surface area contributed by atoms with Crippen molar-refractivity contribution in [3.05, 3.63) is 42.5 Å². The van der Waals surface area contributed by atoms with Gasteiger partial charge in [-0.2, -0.15) is 0 Å². The molecule has 0 bridgehead atoms. The Hall–Kier alpha value is 0.160. The maximum Gasteiger partial charge on any atom is 0.358 e. The van der Waals surface area contributed by atoms with E-state index in [0.29, 0.717) is 0 Å². The Morgan fingerprint density at radius 2 is 1.76 bits per heavy atom. The van der Waals surface area contributed by atoms with Crippen molar-refractivity contribution in [2.75, 3.05) is 12.0 Å². The van der Waals surface area contributed by atoms with Crippen LogP contribution in [-0.2, 0) is 13.6 Å². The van der Waals surface area contributed by atoms with Gasteiger partial charge in [-0.05, 0) is 46.1 Å². The molecule has 0 aliphatic carbocycles. The molecule has 0 saturated heterocycles. The highest BCUT2D eigenvalue weighted by Crippen LogP contribution is 2.74. The van der Waals surface area contributed by atoms with Crippen molar-refractivity contribution < 1.29 is 13.6 Å². The van der Waals surface area contributed by atoms with Crippen LogP contribution >= 0.6 is 42.9 Å². The second-order valence-corrected chi connectivity index (χ2v) is 12.7. The third-order valence-corrected chi connectivity index (χ3v) is 12.7. The molecule has 0 radical (unpaired) electrons. The van der Waals surface area contributed by atoms with Gasteiger partial charge in [0, 0.05) is 10.6 Å². The van der Waals surface area contributed by atoms with Crippen LogP contribution in [0, 0.1) is 0 Å². The average molecular weight is 419 g/mol. The van der Waals surface area contributed by atoms with Crippen molar-refractivity contribution in [1.82, 2.24) is 0 Å². The molecule has 25 heavy (non-hydrogen) atoms. The van der Waals surface area contributed by atoms with Crippen LogP contribution in [0.2, 0.25) is 0 Å². The van der Waals surface area contributed by atoms with E-state index in [1.807, 2.05) is 52.1 Å². The van der Waals surface area contributed by atoms with Crippen LogP contribution in [0.4, 0.5) is 0 Å². The quantitative estimate of drug-likeness (QED) is 0.354. The molecule has 2 rings (SSSR count). The Kier molecular flexibility index (Phi) is 8.06. The summed E-state index contributed by atoms with van der Waals surface area (Å²) in [6.45, 7) is 7.64. The lowest BCUT2D eigenvalue weighted by molar-refractivity contribution is 0.139. The maximum atomic E-state index is 14.0. The van der Waals surface area contributed by atoms with Crippen LogP contribution in [0.5, 0.6) is 0 Å². The number of rotatable bonds is 8. The molecule has 0 spiro atoms. The zero-order chi connectivity index (χ0) is 18.5. The minimum atomic E-state index is -3.38. The van der Waals surface area contributed by atoms with E-state index < -0.39 is 11.4 Å². The highest BCUT2D eigenvalue weighted by Gasteiger charge is 2.58. The van der Waals surface area contributed by atoms with Crippen LogP contribution in [0.15, 0.2) is 47.4 Å². The first-order valence-electron chi connectivity index (χ1n) is 8.37. The third kappa shape index (κ3) is 5.12. The molecule has 0 unspecified atom stereocenters. The standard InChI is InChI=1S/C18H27O3PS3/c1-14(2)20-22(19,21-15(3)4)18(23-5)17(12-9-13-24-18)25-16-10-7-6-8-11-16/h6-12,14-15,17H,13H2,1-5H3/t17-,18+/m1/s1. The van der Waals surface area contributed by atoms with Gasteiger partial charge in [-0.15, -0.1) is 35.3 Å². The largest absolute Gasteiger partial charge is 0.358 e. The molecular formula is C18H27O3PS3. The summed E-state index contributed by atoms with van der Waals surface area (Å²) >= 11 is 4.98. The fourth-order valence-electron chi connectivity index (χ4n) is 2.56. The maximum absolute atomic E-state index is 14.0. The zero-order valence-corrected chi connectivity index (χ0v) is 18.7. The van der Waals surface area contributed by atoms with Gasteiger partial charge in [0.2, 0.25) is 0 Å². The molecule has 0 fully saturated rings. The molecule has 7 heteroatoms. The predicted molar refractivity (Wildman–Crippen MR) is 114 cm³/mol. The van der Waals surface area contributed by atoms with Crippen molar-refractivity contribution in [3.63, 3.8) is 0 Å². The molecule has 0 amide bonds. The number of hydrogen-bond donors (Lipinski definition) is 0. The van der Waals surface area contributed by atoms with Crippen molar-refractivity contribution in [2.24, 2.45) is 0 Å². The SMILES string of the molecule is CS[C@]1(P(=O)(OC(C)C)OC(C)C)SCC=C[C@H]1Sc1ccccc1. The molecule has 1 aromatic carbocycles. The topological polar surface area (TPSA) is 35.5 Å². The Morgan fingerprint density at radius 1 is 1.16 bits per heavy atom. The zero-order valence-electron chi connectivity index (χ0n) is 15.4. The molecule has 0 saturated carbocycles. The molecule has 0 aromatic heterocycles. The summed E-state index contributed by atoms with van der Waals surface area (Å²) in [7, 11) is -3.38. The minimum absolute atomic E-state index is 0.00742. The Morgan fingerprint density at radius 3 is 2.28 bits per heavy atom. The molecule has 1 aromatic rings. The lowest BCUT2D eigenvalue weighted by Gasteiger charge is -2.44. The van der Waals surface area contributed by atoms with Gasteiger partial charge in [0.15, 0.2) is 3.82 Å². The number of benzene rings is 1. The van der Waals surface area contributed by atoms with E-state index in [9.17, 15) is 4.57 Å². The van der Waals surface area contributed by atoms with Crippen LogP contribution in [-0.4, -0.2) is 33.3 Å². The molecular weight excluding hydrogens is 391 g/mol. The van der Waals surface area contributed by atoms with E-state index >= 15 is 0 Å². The molecule has 0 N–H and O–H groups in total. The first-order valence-corrected chi connectivity index (χ1v) is 13.0. The Bertz CT molecular complexity index is 607. The summed E-state index contributed by atoms with van der Waals surface area (Å²) in [6, 6.07) is 10.2. The van der Waals surface area contributed by atoms with Gasteiger partial charge in [0.05, 0.1) is 17.5 Å². The van der Waals surface area contributed by atoms with E-state index in [-0.39, 0.29) is 17.5 Å². The number of thioether (sulfide) groups is 3. The monoisotopic (exact) mass is 418 g/mol. The van der Waals surface area contributed by atoms with Crippen LogP contribution < -0.4 is 0 Å². The third-order valence-electron chi connectivity index (χ3n) is 3.44. The first-order chi connectivity index (χ1) is 11.8. The van der Waals surface area contributed by atoms with E-state index in [1.165, 1.54) is 0 Å². The lowest BCUT2D eigenvalue weighted by atomic mass is 10.4. The van der Waals surface area contributed by atoms with Gasteiger partial charge in [0.25, 0.3) is 0 Å². The normalized spacial score (nSPS) is 24.2. The highest BCUT2D eigenvalue weighted by atomic mass is 32.2. The lowest BCUT2D eigenvalue weighted by Crippen LogP contribution is -2.37. The molecule has 2 atom stereocenters. The van der Waals surface area contributed by atoms with E-state index in [2.05, 4.69) is 24.3 Å². The Balaban J connectivity index is 2.44. The summed E-state index contributed by atoms with van der Waals surface area (Å²) in [5, 5.41) is -0.00742. The molecule has 1 aliphatic rings. The number of hydrogen-bond acceptors (Lipinski definition) is 6. The minimum Gasteiger partial charge on any atom is -0.304 e. The summed E-state index contributed by atoms with van der Waals surface area (Å²) in [6.07, 6.45) is 5.98. The highest BCUT2D eigenvalue weighted by molar-refractivity contribution is 8.26. The van der Waals surface area contributed by atoms with Crippen molar-refractivity contribution in [2.45, 2.75) is 53.9 Å². The summed E-state index contributed by atoms with van der Waals surface area (Å²) in [4.78, 5) is 1.15. The smallest absolute Gasteiger partial charge is 0.304 e. The van der Waals surface area contributed by atoms with Crippen molar-refractivity contribution in [1.29, 1.82) is 0 Å².